The summed E-state index contributed by atoms with van der Waals surface area (Å²) in [6.07, 6.45) is 2.97. The molecule has 0 saturated carbocycles. The molecule has 12 atom stereocenters. The number of likely N-dealkylation sites (N-methyl/N-ethyl adjacent to an activating group) is 5. The molecule has 0 aromatic rings. The van der Waals surface area contributed by atoms with Gasteiger partial charge in [-0.3, -0.25) is 52.7 Å². The number of aliphatic hydroxyl groups excluding tert-OH is 1. The molecule has 474 valence electrons. The molecule has 0 bridgehead atoms. The SMILES string of the molecule is C/C=C/C[C@@H](C)[C@@H](O)[C@H]1C(=O)N[C@@H](CC)C(=O)N(C)CC(=O)N(C)[C@@H](CC(C)C)C(=O)N[C@@H](C(C)C)C(=O)N[C@@H](CC(C)C)C(=O)N[C@@H](C)C(=O)N[C@H](C)C(=O)N(C)[C@H](CC(C)C)C(=O)N[C@@H](CC(C)C)C(=O)N(C)[C@@H](C(C)C)C(=O)N1C. The Balaban J connectivity index is 4.22. The van der Waals surface area contributed by atoms with Gasteiger partial charge in [0.05, 0.1) is 12.6 Å². The van der Waals surface area contributed by atoms with Crippen LogP contribution in [0.2, 0.25) is 0 Å². The molecule has 0 aromatic carbocycles. The summed E-state index contributed by atoms with van der Waals surface area (Å²) >= 11 is 0. The quantitative estimate of drug-likeness (QED) is 0.117. The van der Waals surface area contributed by atoms with E-state index >= 15 is 4.79 Å². The van der Waals surface area contributed by atoms with E-state index in [1.807, 2.05) is 55.4 Å². The average Bonchev–Trinajstić information content (AvgIpc) is 3.39. The van der Waals surface area contributed by atoms with Gasteiger partial charge < -0.3 is 61.5 Å². The number of amides is 11. The summed E-state index contributed by atoms with van der Waals surface area (Å²) in [4.78, 5) is 164. The maximum atomic E-state index is 15.0. The van der Waals surface area contributed by atoms with Crippen LogP contribution in [0.3, 0.4) is 0 Å². The summed E-state index contributed by atoms with van der Waals surface area (Å²) in [5.41, 5.74) is 0. The first kappa shape index (κ1) is 74.9. The van der Waals surface area contributed by atoms with E-state index in [0.29, 0.717) is 6.42 Å². The van der Waals surface area contributed by atoms with E-state index in [2.05, 4.69) is 31.9 Å². The number of hydrogen-bond donors (Lipinski definition) is 7. The summed E-state index contributed by atoms with van der Waals surface area (Å²) < 4.78 is 0. The van der Waals surface area contributed by atoms with Crippen LogP contribution in [-0.4, -0.2) is 203 Å². The van der Waals surface area contributed by atoms with Gasteiger partial charge in [-0.15, -0.1) is 0 Å². The molecule has 1 aliphatic rings. The number of allylic oxidation sites excluding steroid dienone is 2. The van der Waals surface area contributed by atoms with E-state index in [0.717, 1.165) is 9.80 Å². The molecule has 0 radical (unpaired) electrons. The number of nitrogens with one attached hydrogen (secondary N) is 6. The highest BCUT2D eigenvalue weighted by molar-refractivity contribution is 5.99. The van der Waals surface area contributed by atoms with Gasteiger partial charge in [-0.05, 0) is 101 Å². The Morgan fingerprint density at radius 3 is 1.41 bits per heavy atom. The van der Waals surface area contributed by atoms with Crippen molar-refractivity contribution < 1.29 is 57.8 Å². The van der Waals surface area contributed by atoms with Crippen molar-refractivity contribution in [3.63, 3.8) is 0 Å². The minimum absolute atomic E-state index is 0.0219. The van der Waals surface area contributed by atoms with Crippen LogP contribution in [0.25, 0.3) is 0 Å². The highest BCUT2D eigenvalue weighted by Gasteiger charge is 2.44. The van der Waals surface area contributed by atoms with Crippen molar-refractivity contribution >= 4 is 65.0 Å². The lowest BCUT2D eigenvalue weighted by Crippen LogP contribution is -2.63. The third-order valence-corrected chi connectivity index (χ3v) is 15.2. The summed E-state index contributed by atoms with van der Waals surface area (Å²) in [6.45, 7) is 29.1. The number of hydrogen-bond acceptors (Lipinski definition) is 12. The van der Waals surface area contributed by atoms with Gasteiger partial charge in [0.15, 0.2) is 0 Å². The molecule has 1 heterocycles. The van der Waals surface area contributed by atoms with Gasteiger partial charge in [0.2, 0.25) is 65.0 Å². The Morgan fingerprint density at radius 2 is 0.928 bits per heavy atom. The van der Waals surface area contributed by atoms with Gasteiger partial charge in [0.1, 0.15) is 60.4 Å². The number of nitrogens with zero attached hydrogens (tertiary/aromatic N) is 5. The van der Waals surface area contributed by atoms with Crippen molar-refractivity contribution in [2.75, 3.05) is 41.8 Å². The normalized spacial score (nSPS) is 27.0. The molecule has 83 heavy (non-hydrogen) atoms. The molecule has 0 spiro atoms. The first-order valence-electron chi connectivity index (χ1n) is 29.8. The van der Waals surface area contributed by atoms with Gasteiger partial charge in [-0.25, -0.2) is 0 Å². The van der Waals surface area contributed by atoms with E-state index in [4.69, 9.17) is 0 Å². The minimum atomic E-state index is -1.61. The van der Waals surface area contributed by atoms with Crippen LogP contribution in [0, 0.1) is 41.4 Å². The maximum Gasteiger partial charge on any atom is 0.246 e. The maximum absolute atomic E-state index is 15.0. The summed E-state index contributed by atoms with van der Waals surface area (Å²) in [5, 5.41) is 28.5. The average molecular weight is 1170 g/mol. The van der Waals surface area contributed by atoms with E-state index in [1.165, 1.54) is 63.8 Å². The zero-order valence-electron chi connectivity index (χ0n) is 54.2. The largest absolute Gasteiger partial charge is 0.390 e. The second-order valence-electron chi connectivity index (χ2n) is 25.3. The van der Waals surface area contributed by atoms with Crippen molar-refractivity contribution in [2.24, 2.45) is 41.4 Å². The Morgan fingerprint density at radius 1 is 0.470 bits per heavy atom. The van der Waals surface area contributed by atoms with Crippen LogP contribution >= 0.6 is 0 Å². The molecule has 23 nitrogen and oxygen atoms in total. The lowest BCUT2D eigenvalue weighted by atomic mass is 9.91. The van der Waals surface area contributed by atoms with Crippen molar-refractivity contribution in [1.82, 2.24) is 56.4 Å². The lowest BCUT2D eigenvalue weighted by Gasteiger charge is -2.40. The highest BCUT2D eigenvalue weighted by atomic mass is 16.3. The van der Waals surface area contributed by atoms with Crippen LogP contribution in [0.5, 0.6) is 0 Å². The van der Waals surface area contributed by atoms with Crippen LogP contribution < -0.4 is 31.9 Å². The fourth-order valence-electron chi connectivity index (χ4n) is 10.1. The molecule has 1 fully saturated rings. The van der Waals surface area contributed by atoms with E-state index in [1.54, 1.807) is 60.6 Å². The van der Waals surface area contributed by atoms with E-state index < -0.39 is 156 Å². The Kier molecular flexibility index (Phi) is 31.2. The molecule has 0 aromatic heterocycles. The van der Waals surface area contributed by atoms with Crippen molar-refractivity contribution in [1.29, 1.82) is 0 Å². The van der Waals surface area contributed by atoms with E-state index in [-0.39, 0.29) is 55.8 Å². The van der Waals surface area contributed by atoms with Crippen LogP contribution in [0.1, 0.15) is 156 Å². The van der Waals surface area contributed by atoms with Gasteiger partial charge in [-0.2, -0.15) is 0 Å². The molecule has 0 unspecified atom stereocenters. The Labute approximate surface area is 495 Å². The molecule has 1 aliphatic heterocycles. The van der Waals surface area contributed by atoms with Gasteiger partial charge in [0.25, 0.3) is 0 Å². The molecular weight excluding hydrogens is 1070 g/mol. The predicted octanol–water partition coefficient (Wildman–Crippen LogP) is 2.58. The molecule has 0 aliphatic carbocycles. The number of aliphatic hydroxyl groups is 1. The first-order chi connectivity index (χ1) is 38.4. The fourth-order valence-corrected chi connectivity index (χ4v) is 10.1. The Hall–Kier alpha value is -6.13. The number of carbonyl (C=O) groups excluding carboxylic acids is 11. The standard InChI is InChI=1S/C60H107N11O12/c1-23-25-26-38(15)50(73)49-56(79)63-41(24-2)58(81)67(18)31-46(72)68(19)44(29-34(7)8)54(77)66-47(36(11)12)55(78)64-42(27-32(3)4)52(75)61-39(16)51(74)62-40(17)57(80)69(20)45(30-35(9)10)53(76)65-43(28-33(5)6)59(82)70(21)48(37(13)14)60(83)71(49)22/h23,25,32-45,47-50,73H,24,26-31H2,1-22H3,(H,61,75)(H,62,74)(H,63,79)(H,64,78)(H,65,76)(H,66,77)/b25-23+/t38-,39+,40-,41+,42+,43+,44+,45-,47+,48+,49+,50-/m1/s1. The monoisotopic (exact) mass is 1170 g/mol. The van der Waals surface area contributed by atoms with E-state index in [9.17, 15) is 53.1 Å². The van der Waals surface area contributed by atoms with Crippen molar-refractivity contribution in [2.45, 2.75) is 223 Å². The fraction of sp³-hybridized carbons (Fsp3) is 0.783. The third kappa shape index (κ3) is 22.4. The van der Waals surface area contributed by atoms with Crippen LogP contribution in [0.4, 0.5) is 0 Å². The van der Waals surface area contributed by atoms with Crippen molar-refractivity contribution in [3.05, 3.63) is 12.2 Å². The topological polar surface area (TPSA) is 296 Å². The van der Waals surface area contributed by atoms with Gasteiger partial charge >= 0.3 is 0 Å². The van der Waals surface area contributed by atoms with Crippen LogP contribution in [0.15, 0.2) is 12.2 Å². The zero-order valence-corrected chi connectivity index (χ0v) is 54.2. The minimum Gasteiger partial charge on any atom is -0.390 e. The predicted molar refractivity (Wildman–Crippen MR) is 319 cm³/mol. The molecule has 11 amide bonds. The first-order valence-corrected chi connectivity index (χ1v) is 29.8. The molecule has 1 saturated heterocycles. The number of rotatable bonds is 15. The molecule has 23 heteroatoms. The Bertz CT molecular complexity index is 2250. The molecule has 7 N–H and O–H groups in total. The lowest BCUT2D eigenvalue weighted by molar-refractivity contribution is -0.154. The zero-order chi connectivity index (χ0) is 64.2. The summed E-state index contributed by atoms with van der Waals surface area (Å²) in [5.74, 6) is -10.0. The molecule has 1 rings (SSSR count). The second-order valence-corrected chi connectivity index (χ2v) is 25.3. The highest BCUT2D eigenvalue weighted by Crippen LogP contribution is 2.24. The second kappa shape index (κ2) is 34.6. The van der Waals surface area contributed by atoms with Gasteiger partial charge in [-0.1, -0.05) is 109 Å². The van der Waals surface area contributed by atoms with Crippen LogP contribution in [-0.2, 0) is 52.7 Å². The third-order valence-electron chi connectivity index (χ3n) is 15.2. The van der Waals surface area contributed by atoms with Crippen molar-refractivity contribution in [3.8, 4) is 0 Å². The summed E-state index contributed by atoms with van der Waals surface area (Å²) in [7, 11) is 6.94. The number of carbonyl (C=O) groups is 11. The smallest absolute Gasteiger partial charge is 0.246 e. The summed E-state index contributed by atoms with van der Waals surface area (Å²) in [6, 6.07) is -12.5. The molecular formula is C60H107N11O12. The van der Waals surface area contributed by atoms with Gasteiger partial charge in [0, 0.05) is 35.2 Å².